The van der Waals surface area contributed by atoms with Crippen LogP contribution in [0.1, 0.15) is 43.9 Å². The Balaban J connectivity index is 1.81. The summed E-state index contributed by atoms with van der Waals surface area (Å²) < 4.78 is 29.5. The Kier molecular flexibility index (Phi) is 6.70. The van der Waals surface area contributed by atoms with Crippen LogP contribution < -0.4 is 10.1 Å². The first-order valence-corrected chi connectivity index (χ1v) is 9.98. The molecule has 0 spiro atoms. The number of likely N-dealkylation sites (tertiary alicyclic amines) is 1. The van der Waals surface area contributed by atoms with Gasteiger partial charge in [0.2, 0.25) is 11.8 Å². The van der Waals surface area contributed by atoms with Gasteiger partial charge in [0.25, 0.3) is 0 Å². The second-order valence-electron chi connectivity index (χ2n) is 7.60. The molecule has 1 aliphatic rings. The third-order valence-electron chi connectivity index (χ3n) is 5.75. The van der Waals surface area contributed by atoms with E-state index in [9.17, 15) is 18.4 Å². The number of benzene rings is 2. The Morgan fingerprint density at radius 1 is 1.07 bits per heavy atom. The number of halogens is 2. The molecule has 160 valence electrons. The van der Waals surface area contributed by atoms with Gasteiger partial charge in [-0.2, -0.15) is 8.78 Å². The minimum Gasteiger partial charge on any atom is -0.435 e. The van der Waals surface area contributed by atoms with Gasteiger partial charge in [-0.3, -0.25) is 9.59 Å². The summed E-state index contributed by atoms with van der Waals surface area (Å²) in [6.07, 6.45) is 1.04. The van der Waals surface area contributed by atoms with E-state index >= 15 is 0 Å². The summed E-state index contributed by atoms with van der Waals surface area (Å²) in [4.78, 5) is 27.0. The van der Waals surface area contributed by atoms with Crippen LogP contribution in [-0.4, -0.2) is 36.4 Å². The maximum atomic E-state index is 13.5. The molecule has 1 atom stereocenters. The van der Waals surface area contributed by atoms with Gasteiger partial charge in [0.05, 0.1) is 11.5 Å². The SMILES string of the molecule is CC(=O)N1CCC(C(=O)NC(C)c2cccc(OC(F)F)c2)(c2ccccc2)CC1. The smallest absolute Gasteiger partial charge is 0.387 e. The monoisotopic (exact) mass is 416 g/mol. The van der Waals surface area contributed by atoms with Crippen molar-refractivity contribution >= 4 is 11.8 Å². The van der Waals surface area contributed by atoms with Crippen molar-refractivity contribution in [1.29, 1.82) is 0 Å². The van der Waals surface area contributed by atoms with E-state index in [4.69, 9.17) is 0 Å². The molecule has 0 aromatic heterocycles. The van der Waals surface area contributed by atoms with E-state index < -0.39 is 18.1 Å². The number of amides is 2. The van der Waals surface area contributed by atoms with Crippen molar-refractivity contribution in [1.82, 2.24) is 10.2 Å². The van der Waals surface area contributed by atoms with Gasteiger partial charge in [-0.05, 0) is 43.0 Å². The van der Waals surface area contributed by atoms with Gasteiger partial charge in [0.1, 0.15) is 5.75 Å². The Labute approximate surface area is 175 Å². The molecule has 0 bridgehead atoms. The standard InChI is InChI=1S/C23H26F2N2O3/c1-16(18-7-6-10-20(15-18)30-22(24)25)26-21(29)23(19-8-4-3-5-9-19)11-13-27(14-12-23)17(2)28/h3-10,15-16,22H,11-14H2,1-2H3,(H,26,29). The average Bonchev–Trinajstić information content (AvgIpc) is 2.74. The molecule has 1 heterocycles. The third kappa shape index (κ3) is 4.78. The molecule has 7 heteroatoms. The molecule has 2 amide bonds. The topological polar surface area (TPSA) is 58.6 Å². The van der Waals surface area contributed by atoms with Gasteiger partial charge < -0.3 is 15.0 Å². The van der Waals surface area contributed by atoms with Gasteiger partial charge in [-0.1, -0.05) is 42.5 Å². The minimum absolute atomic E-state index is 0.00119. The maximum absolute atomic E-state index is 13.5. The van der Waals surface area contributed by atoms with E-state index in [0.29, 0.717) is 31.5 Å². The summed E-state index contributed by atoms with van der Waals surface area (Å²) in [5, 5.41) is 3.04. The molecule has 1 aliphatic heterocycles. The quantitative estimate of drug-likeness (QED) is 0.773. The van der Waals surface area contributed by atoms with Crippen molar-refractivity contribution in [2.45, 2.75) is 44.8 Å². The lowest BCUT2D eigenvalue weighted by Gasteiger charge is -2.41. The molecule has 1 fully saturated rings. The Hall–Kier alpha value is -2.96. The van der Waals surface area contributed by atoms with Crippen LogP contribution in [0.2, 0.25) is 0 Å². The van der Waals surface area contributed by atoms with E-state index in [1.807, 2.05) is 37.3 Å². The molecule has 1 saturated heterocycles. The molecular formula is C23H26F2N2O3. The average molecular weight is 416 g/mol. The number of nitrogens with zero attached hydrogens (tertiary/aromatic N) is 1. The predicted octanol–water partition coefficient (Wildman–Crippen LogP) is 4.05. The predicted molar refractivity (Wildman–Crippen MR) is 109 cm³/mol. The fourth-order valence-electron chi connectivity index (χ4n) is 3.99. The van der Waals surface area contributed by atoms with Gasteiger partial charge in [0.15, 0.2) is 0 Å². The zero-order valence-electron chi connectivity index (χ0n) is 17.1. The van der Waals surface area contributed by atoms with Crippen molar-refractivity contribution in [3.8, 4) is 5.75 Å². The largest absolute Gasteiger partial charge is 0.435 e. The second kappa shape index (κ2) is 9.24. The Bertz CT molecular complexity index is 881. The zero-order valence-corrected chi connectivity index (χ0v) is 17.1. The van der Waals surface area contributed by atoms with Gasteiger partial charge in [-0.25, -0.2) is 0 Å². The molecule has 2 aromatic carbocycles. The summed E-state index contributed by atoms with van der Waals surface area (Å²) in [6.45, 7) is 1.44. The number of piperidine rings is 1. The molecule has 30 heavy (non-hydrogen) atoms. The van der Waals surface area contributed by atoms with Crippen LogP contribution in [-0.2, 0) is 15.0 Å². The van der Waals surface area contributed by atoms with Crippen molar-refractivity contribution < 1.29 is 23.1 Å². The summed E-state index contributed by atoms with van der Waals surface area (Å²) in [6, 6.07) is 15.5. The molecule has 1 N–H and O–H groups in total. The van der Waals surface area contributed by atoms with Crippen molar-refractivity contribution in [2.75, 3.05) is 13.1 Å². The third-order valence-corrected chi connectivity index (χ3v) is 5.75. The van der Waals surface area contributed by atoms with E-state index in [2.05, 4.69) is 10.1 Å². The minimum atomic E-state index is -2.90. The first-order valence-electron chi connectivity index (χ1n) is 9.98. The molecule has 0 radical (unpaired) electrons. The summed E-state index contributed by atoms with van der Waals surface area (Å²) in [5.41, 5.74) is 0.831. The highest BCUT2D eigenvalue weighted by Crippen LogP contribution is 2.36. The summed E-state index contributed by atoms with van der Waals surface area (Å²) in [5.74, 6) is -0.0815. The summed E-state index contributed by atoms with van der Waals surface area (Å²) >= 11 is 0. The van der Waals surface area contributed by atoms with Crippen LogP contribution in [0.5, 0.6) is 5.75 Å². The van der Waals surface area contributed by atoms with Crippen LogP contribution in [0, 0.1) is 0 Å². The van der Waals surface area contributed by atoms with Gasteiger partial charge in [-0.15, -0.1) is 0 Å². The van der Waals surface area contributed by atoms with Crippen LogP contribution in [0.15, 0.2) is 54.6 Å². The van der Waals surface area contributed by atoms with Crippen LogP contribution >= 0.6 is 0 Å². The van der Waals surface area contributed by atoms with Crippen molar-refractivity contribution in [3.05, 3.63) is 65.7 Å². The first kappa shape index (κ1) is 21.7. The highest BCUT2D eigenvalue weighted by molar-refractivity contribution is 5.89. The number of hydrogen-bond acceptors (Lipinski definition) is 3. The molecular weight excluding hydrogens is 390 g/mol. The van der Waals surface area contributed by atoms with Crippen molar-refractivity contribution in [3.63, 3.8) is 0 Å². The Morgan fingerprint density at radius 2 is 1.73 bits per heavy atom. The maximum Gasteiger partial charge on any atom is 0.387 e. The normalized spacial score (nSPS) is 16.8. The molecule has 3 rings (SSSR count). The number of rotatable bonds is 6. The van der Waals surface area contributed by atoms with E-state index in [0.717, 1.165) is 5.56 Å². The number of carbonyl (C=O) groups is 2. The molecule has 0 saturated carbocycles. The number of nitrogens with one attached hydrogen (secondary N) is 1. The lowest BCUT2D eigenvalue weighted by Crippen LogP contribution is -2.52. The van der Waals surface area contributed by atoms with Crippen molar-refractivity contribution in [2.24, 2.45) is 0 Å². The lowest BCUT2D eigenvalue weighted by molar-refractivity contribution is -0.135. The lowest BCUT2D eigenvalue weighted by atomic mass is 9.71. The highest BCUT2D eigenvalue weighted by atomic mass is 19.3. The fourth-order valence-corrected chi connectivity index (χ4v) is 3.99. The number of hydrogen-bond donors (Lipinski definition) is 1. The van der Waals surface area contributed by atoms with Crippen LogP contribution in [0.3, 0.4) is 0 Å². The van der Waals surface area contributed by atoms with Crippen LogP contribution in [0.4, 0.5) is 8.78 Å². The highest BCUT2D eigenvalue weighted by Gasteiger charge is 2.43. The number of ether oxygens (including phenoxy) is 1. The first-order chi connectivity index (χ1) is 14.3. The van der Waals surface area contributed by atoms with Gasteiger partial charge in [0, 0.05) is 20.0 Å². The number of alkyl halides is 2. The fraction of sp³-hybridized carbons (Fsp3) is 0.391. The number of carbonyl (C=O) groups excluding carboxylic acids is 2. The van der Waals surface area contributed by atoms with E-state index in [-0.39, 0.29) is 17.6 Å². The molecule has 5 nitrogen and oxygen atoms in total. The molecule has 1 unspecified atom stereocenters. The van der Waals surface area contributed by atoms with Crippen LogP contribution in [0.25, 0.3) is 0 Å². The zero-order chi connectivity index (χ0) is 21.7. The Morgan fingerprint density at radius 3 is 2.33 bits per heavy atom. The molecule has 2 aromatic rings. The second-order valence-corrected chi connectivity index (χ2v) is 7.60. The van der Waals surface area contributed by atoms with E-state index in [1.54, 1.807) is 17.0 Å². The summed E-state index contributed by atoms with van der Waals surface area (Å²) in [7, 11) is 0. The van der Waals surface area contributed by atoms with Gasteiger partial charge >= 0.3 is 6.61 Å². The van der Waals surface area contributed by atoms with E-state index in [1.165, 1.54) is 19.1 Å². The molecule has 0 aliphatic carbocycles.